The molecule has 0 aromatic carbocycles. The lowest BCUT2D eigenvalue weighted by atomic mass is 10.0. The fourth-order valence-electron chi connectivity index (χ4n) is 4.77. The first-order valence-electron chi connectivity index (χ1n) is 9.49. The molecular weight excluding hydrogens is 357 g/mol. The highest BCUT2D eigenvalue weighted by Gasteiger charge is 2.40. The van der Waals surface area contributed by atoms with E-state index in [-0.39, 0.29) is 6.10 Å². The maximum Gasteiger partial charge on any atom is 0.212 e. The van der Waals surface area contributed by atoms with Crippen molar-refractivity contribution in [1.29, 1.82) is 5.26 Å². The molecule has 7 heteroatoms. The molecule has 6 nitrogen and oxygen atoms in total. The third kappa shape index (κ3) is 2.90. The van der Waals surface area contributed by atoms with Gasteiger partial charge in [-0.05, 0) is 49.9 Å². The lowest BCUT2D eigenvalue weighted by Crippen LogP contribution is -2.20. The number of halogens is 1. The maximum absolute atomic E-state index is 13.3. The minimum absolute atomic E-state index is 0.186. The Labute approximate surface area is 162 Å². The molecule has 2 atom stereocenters. The van der Waals surface area contributed by atoms with Crippen molar-refractivity contribution < 1.29 is 9.13 Å². The summed E-state index contributed by atoms with van der Waals surface area (Å²) in [4.78, 5) is 6.15. The Morgan fingerprint density at radius 1 is 1.21 bits per heavy atom. The van der Waals surface area contributed by atoms with Crippen molar-refractivity contribution in [2.24, 2.45) is 11.8 Å². The van der Waals surface area contributed by atoms with Gasteiger partial charge in [-0.25, -0.2) is 9.50 Å². The van der Waals surface area contributed by atoms with Gasteiger partial charge in [0, 0.05) is 30.4 Å². The molecule has 2 aliphatic rings. The van der Waals surface area contributed by atoms with E-state index in [1.165, 1.54) is 18.5 Å². The first kappa shape index (κ1) is 17.1. The predicted octanol–water partition coefficient (Wildman–Crippen LogP) is 3.13. The van der Waals surface area contributed by atoms with Gasteiger partial charge in [-0.2, -0.15) is 14.8 Å². The van der Waals surface area contributed by atoms with Crippen molar-refractivity contribution in [2.75, 3.05) is 20.1 Å². The fourth-order valence-corrected chi connectivity index (χ4v) is 4.77. The molecule has 3 aromatic rings. The van der Waals surface area contributed by atoms with Crippen LogP contribution in [-0.4, -0.2) is 45.7 Å². The zero-order valence-electron chi connectivity index (χ0n) is 15.5. The highest BCUT2D eigenvalue weighted by Crippen LogP contribution is 2.40. The van der Waals surface area contributed by atoms with Crippen LogP contribution in [0.4, 0.5) is 4.39 Å². The molecule has 142 valence electrons. The number of rotatable bonds is 3. The van der Waals surface area contributed by atoms with Gasteiger partial charge in [0.05, 0.1) is 29.6 Å². The van der Waals surface area contributed by atoms with Crippen molar-refractivity contribution in [3.8, 4) is 22.9 Å². The van der Waals surface area contributed by atoms with Crippen LogP contribution in [-0.2, 0) is 0 Å². The van der Waals surface area contributed by atoms with E-state index in [1.54, 1.807) is 10.6 Å². The Morgan fingerprint density at radius 2 is 2.00 bits per heavy atom. The summed E-state index contributed by atoms with van der Waals surface area (Å²) < 4.78 is 21.3. The average Bonchev–Trinajstić information content (AvgIpc) is 3.34. The summed E-state index contributed by atoms with van der Waals surface area (Å²) in [6.07, 6.45) is 7.13. The van der Waals surface area contributed by atoms with Gasteiger partial charge in [0.1, 0.15) is 11.8 Å². The van der Waals surface area contributed by atoms with Crippen LogP contribution in [0, 0.1) is 29.1 Å². The van der Waals surface area contributed by atoms with Crippen molar-refractivity contribution >= 4 is 5.52 Å². The van der Waals surface area contributed by atoms with Gasteiger partial charge >= 0.3 is 0 Å². The molecule has 3 aromatic heterocycles. The zero-order valence-corrected chi connectivity index (χ0v) is 15.5. The van der Waals surface area contributed by atoms with Crippen LogP contribution in [0.15, 0.2) is 36.8 Å². The number of fused-ring (bicyclic) bond motifs is 2. The predicted molar refractivity (Wildman–Crippen MR) is 101 cm³/mol. The van der Waals surface area contributed by atoms with E-state index in [4.69, 9.17) is 4.74 Å². The number of hydrogen-bond acceptors (Lipinski definition) is 5. The van der Waals surface area contributed by atoms with Crippen LogP contribution < -0.4 is 4.74 Å². The third-order valence-electron chi connectivity index (χ3n) is 5.94. The molecule has 4 heterocycles. The van der Waals surface area contributed by atoms with Gasteiger partial charge in [0.25, 0.3) is 0 Å². The number of nitriles is 1. The molecule has 2 fully saturated rings. The maximum atomic E-state index is 13.3. The summed E-state index contributed by atoms with van der Waals surface area (Å²) in [5, 5.41) is 13.7. The first-order chi connectivity index (χ1) is 13.6. The van der Waals surface area contributed by atoms with Gasteiger partial charge in [0.15, 0.2) is 0 Å². The minimum atomic E-state index is -0.538. The molecule has 28 heavy (non-hydrogen) atoms. The molecule has 1 saturated heterocycles. The van der Waals surface area contributed by atoms with Gasteiger partial charge in [-0.3, -0.25) is 0 Å². The highest BCUT2D eigenvalue weighted by atomic mass is 19.1. The summed E-state index contributed by atoms with van der Waals surface area (Å²) in [5.74, 6) is 1.57. The van der Waals surface area contributed by atoms with Crippen molar-refractivity contribution in [3.63, 3.8) is 0 Å². The Hall–Kier alpha value is -2.98. The Kier molecular flexibility index (Phi) is 4.02. The van der Waals surface area contributed by atoms with E-state index in [2.05, 4.69) is 28.1 Å². The number of ether oxygens (including phenoxy) is 1. The van der Waals surface area contributed by atoms with E-state index >= 15 is 0 Å². The number of hydrogen-bond donors (Lipinski definition) is 0. The second-order valence-electron chi connectivity index (χ2n) is 7.87. The second kappa shape index (κ2) is 6.57. The molecule has 0 bridgehead atoms. The Balaban J connectivity index is 1.50. The number of pyridine rings is 2. The number of nitrogens with zero attached hydrogens (tertiary/aromatic N) is 5. The van der Waals surface area contributed by atoms with Crippen LogP contribution in [0.1, 0.15) is 18.4 Å². The second-order valence-corrected chi connectivity index (χ2v) is 7.87. The molecular formula is C21H20FN5O. The molecule has 5 rings (SSSR count). The molecule has 0 amide bonds. The highest BCUT2D eigenvalue weighted by molar-refractivity contribution is 5.84. The Morgan fingerprint density at radius 3 is 2.68 bits per heavy atom. The topological polar surface area (TPSA) is 66.5 Å². The van der Waals surface area contributed by atoms with Gasteiger partial charge in [0.2, 0.25) is 5.95 Å². The third-order valence-corrected chi connectivity index (χ3v) is 5.94. The summed E-state index contributed by atoms with van der Waals surface area (Å²) >= 11 is 0. The summed E-state index contributed by atoms with van der Waals surface area (Å²) in [6, 6.07) is 7.06. The first-order valence-corrected chi connectivity index (χ1v) is 9.49. The summed E-state index contributed by atoms with van der Waals surface area (Å²) in [6.45, 7) is 2.28. The normalized spacial score (nSPS) is 24.4. The quantitative estimate of drug-likeness (QED) is 0.656. The van der Waals surface area contributed by atoms with E-state index < -0.39 is 5.95 Å². The molecule has 1 aliphatic heterocycles. The van der Waals surface area contributed by atoms with E-state index in [0.29, 0.717) is 28.7 Å². The summed E-state index contributed by atoms with van der Waals surface area (Å²) in [7, 11) is 2.18. The molecule has 0 radical (unpaired) electrons. The smallest absolute Gasteiger partial charge is 0.212 e. The lowest BCUT2D eigenvalue weighted by Gasteiger charge is -2.18. The zero-order chi connectivity index (χ0) is 19.3. The lowest BCUT2D eigenvalue weighted by molar-refractivity contribution is 0.189. The van der Waals surface area contributed by atoms with Gasteiger partial charge in [-0.1, -0.05) is 0 Å². The van der Waals surface area contributed by atoms with Crippen molar-refractivity contribution in [3.05, 3.63) is 48.3 Å². The molecule has 2 unspecified atom stereocenters. The Bertz CT molecular complexity index is 1060. The van der Waals surface area contributed by atoms with Crippen molar-refractivity contribution in [2.45, 2.75) is 18.9 Å². The van der Waals surface area contributed by atoms with E-state index in [0.717, 1.165) is 37.1 Å². The minimum Gasteiger partial charge on any atom is -0.489 e. The molecule has 0 N–H and O–H groups in total. The van der Waals surface area contributed by atoms with Crippen LogP contribution >= 0.6 is 0 Å². The molecule has 1 saturated carbocycles. The van der Waals surface area contributed by atoms with Crippen LogP contribution in [0.5, 0.6) is 5.75 Å². The SMILES string of the molecule is CN1CC2CC(Oc3cc(-c4ccc(F)nc4)c4c(C#N)cnn4c3)CC2C1. The number of aromatic nitrogens is 3. The van der Waals surface area contributed by atoms with Crippen molar-refractivity contribution in [1.82, 2.24) is 19.5 Å². The largest absolute Gasteiger partial charge is 0.489 e. The average molecular weight is 377 g/mol. The van der Waals surface area contributed by atoms with Crippen LogP contribution in [0.3, 0.4) is 0 Å². The van der Waals surface area contributed by atoms with Crippen LogP contribution in [0.2, 0.25) is 0 Å². The fraction of sp³-hybridized carbons (Fsp3) is 0.381. The van der Waals surface area contributed by atoms with Gasteiger partial charge in [-0.15, -0.1) is 0 Å². The standard InChI is InChI=1S/C21H20FN5O/c1-26-10-14-4-17(5-15(14)11-26)28-18-6-19(13-2-3-20(22)24-8-13)21-16(7-23)9-25-27(21)12-18/h2-3,6,8-9,12,14-15,17H,4-5,10-11H2,1H3. The number of likely N-dealkylation sites (tertiary alicyclic amines) is 1. The van der Waals surface area contributed by atoms with E-state index in [1.807, 2.05) is 12.3 Å². The summed E-state index contributed by atoms with van der Waals surface area (Å²) in [5.41, 5.74) is 2.62. The van der Waals surface area contributed by atoms with E-state index in [9.17, 15) is 9.65 Å². The van der Waals surface area contributed by atoms with Crippen LogP contribution in [0.25, 0.3) is 16.6 Å². The monoisotopic (exact) mass is 377 g/mol. The molecule has 1 aliphatic carbocycles. The molecule has 0 spiro atoms. The van der Waals surface area contributed by atoms with Gasteiger partial charge < -0.3 is 9.64 Å².